The first kappa shape index (κ1) is 31.3. The van der Waals surface area contributed by atoms with Gasteiger partial charge in [0.1, 0.15) is 19.7 Å². The highest BCUT2D eigenvalue weighted by molar-refractivity contribution is 7.90. The summed E-state index contributed by atoms with van der Waals surface area (Å²) >= 11 is 0. The van der Waals surface area contributed by atoms with E-state index in [0.29, 0.717) is 48.3 Å². The van der Waals surface area contributed by atoms with Gasteiger partial charge < -0.3 is 30.0 Å². The SMILES string of the molecule is CCOc1cc(C(N)CS(C)(=O)=O)ccc1OC.CCOc1cc(NCCS(C)(=O)=O)ccc1OC. The second kappa shape index (κ2) is 14.8. The van der Waals surface area contributed by atoms with Crippen molar-refractivity contribution in [1.82, 2.24) is 0 Å². The van der Waals surface area contributed by atoms with Gasteiger partial charge in [-0.25, -0.2) is 16.8 Å². The molecule has 204 valence electrons. The Morgan fingerprint density at radius 1 is 0.806 bits per heavy atom. The Bertz CT molecular complexity index is 1170. The largest absolute Gasteiger partial charge is 0.493 e. The van der Waals surface area contributed by atoms with Crippen LogP contribution in [0.4, 0.5) is 5.69 Å². The van der Waals surface area contributed by atoms with Gasteiger partial charge in [0.25, 0.3) is 0 Å². The molecule has 3 N–H and O–H groups in total. The summed E-state index contributed by atoms with van der Waals surface area (Å²) in [7, 11) is -2.93. The summed E-state index contributed by atoms with van der Waals surface area (Å²) in [5.74, 6) is 2.48. The van der Waals surface area contributed by atoms with E-state index in [0.717, 1.165) is 5.69 Å². The van der Waals surface area contributed by atoms with Gasteiger partial charge >= 0.3 is 0 Å². The van der Waals surface area contributed by atoms with Crippen molar-refractivity contribution in [3.8, 4) is 23.0 Å². The van der Waals surface area contributed by atoms with E-state index in [4.69, 9.17) is 24.7 Å². The first-order valence-corrected chi connectivity index (χ1v) is 15.4. The molecule has 0 aliphatic heterocycles. The van der Waals surface area contributed by atoms with Crippen LogP contribution in [0.2, 0.25) is 0 Å². The summed E-state index contributed by atoms with van der Waals surface area (Å²) in [6.07, 6.45) is 2.38. The number of nitrogens with one attached hydrogen (secondary N) is 1. The van der Waals surface area contributed by atoms with Crippen molar-refractivity contribution in [3.05, 3.63) is 42.0 Å². The van der Waals surface area contributed by atoms with E-state index in [9.17, 15) is 16.8 Å². The summed E-state index contributed by atoms with van der Waals surface area (Å²) in [5.41, 5.74) is 7.38. The second-order valence-corrected chi connectivity index (χ2v) is 12.3. The summed E-state index contributed by atoms with van der Waals surface area (Å²) in [5, 5.41) is 3.04. The van der Waals surface area contributed by atoms with Crippen molar-refractivity contribution < 1.29 is 35.8 Å². The van der Waals surface area contributed by atoms with E-state index in [-0.39, 0.29) is 11.5 Å². The van der Waals surface area contributed by atoms with Crippen molar-refractivity contribution in [1.29, 1.82) is 0 Å². The molecule has 0 heterocycles. The zero-order valence-electron chi connectivity index (χ0n) is 21.7. The number of nitrogens with two attached hydrogens (primary N) is 1. The Kier molecular flexibility index (Phi) is 12.8. The molecule has 0 fully saturated rings. The third-order valence-electron chi connectivity index (χ3n) is 4.66. The van der Waals surface area contributed by atoms with E-state index in [1.165, 1.54) is 12.5 Å². The molecule has 0 bridgehead atoms. The van der Waals surface area contributed by atoms with E-state index in [1.807, 2.05) is 19.9 Å². The number of rotatable bonds is 13. The van der Waals surface area contributed by atoms with Gasteiger partial charge in [0.05, 0.1) is 38.9 Å². The second-order valence-electron chi connectivity index (χ2n) is 7.90. The predicted octanol–water partition coefficient (Wildman–Crippen LogP) is 2.69. The van der Waals surface area contributed by atoms with Gasteiger partial charge in [-0.15, -0.1) is 0 Å². The van der Waals surface area contributed by atoms with Crippen molar-refractivity contribution in [2.75, 3.05) is 63.3 Å². The van der Waals surface area contributed by atoms with Gasteiger partial charge in [-0.3, -0.25) is 0 Å². The molecule has 2 aromatic rings. The van der Waals surface area contributed by atoms with Crippen LogP contribution in [0.25, 0.3) is 0 Å². The number of hydrogen-bond acceptors (Lipinski definition) is 10. The summed E-state index contributed by atoms with van der Waals surface area (Å²) in [4.78, 5) is 0. The minimum Gasteiger partial charge on any atom is -0.493 e. The fourth-order valence-corrected chi connectivity index (χ4v) is 4.37. The molecule has 0 saturated heterocycles. The van der Waals surface area contributed by atoms with Crippen molar-refractivity contribution in [3.63, 3.8) is 0 Å². The lowest BCUT2D eigenvalue weighted by molar-refractivity contribution is 0.310. The lowest BCUT2D eigenvalue weighted by atomic mass is 10.1. The van der Waals surface area contributed by atoms with Gasteiger partial charge in [0.15, 0.2) is 23.0 Å². The molecule has 1 unspecified atom stereocenters. The molecular formula is C24H38N2O8S2. The predicted molar refractivity (Wildman–Crippen MR) is 143 cm³/mol. The van der Waals surface area contributed by atoms with Crippen LogP contribution in [-0.2, 0) is 19.7 Å². The average molecular weight is 547 g/mol. The number of anilines is 1. The van der Waals surface area contributed by atoms with Crippen LogP contribution in [0, 0.1) is 0 Å². The molecule has 10 nitrogen and oxygen atoms in total. The molecule has 0 radical (unpaired) electrons. The maximum absolute atomic E-state index is 11.2. The lowest BCUT2D eigenvalue weighted by Gasteiger charge is -2.15. The van der Waals surface area contributed by atoms with Gasteiger partial charge in [-0.2, -0.15) is 0 Å². The van der Waals surface area contributed by atoms with Crippen LogP contribution in [0.1, 0.15) is 25.5 Å². The molecule has 36 heavy (non-hydrogen) atoms. The quantitative estimate of drug-likeness (QED) is 0.385. The Labute approximate surface area is 214 Å². The van der Waals surface area contributed by atoms with E-state index >= 15 is 0 Å². The van der Waals surface area contributed by atoms with Crippen LogP contribution >= 0.6 is 0 Å². The Balaban J connectivity index is 0.000000360. The number of hydrogen-bond donors (Lipinski definition) is 2. The van der Waals surface area contributed by atoms with Crippen LogP contribution in [0.15, 0.2) is 36.4 Å². The fraction of sp³-hybridized carbons (Fsp3) is 0.500. The molecule has 2 aromatic carbocycles. The topological polar surface area (TPSA) is 143 Å². The third kappa shape index (κ3) is 11.8. The van der Waals surface area contributed by atoms with Crippen LogP contribution < -0.4 is 30.0 Å². The maximum atomic E-state index is 11.2. The number of sulfone groups is 2. The molecule has 0 saturated carbocycles. The summed E-state index contributed by atoms with van der Waals surface area (Å²) < 4.78 is 65.6. The Morgan fingerprint density at radius 3 is 1.81 bits per heavy atom. The number of methoxy groups -OCH3 is 2. The van der Waals surface area contributed by atoms with Crippen LogP contribution in [-0.4, -0.2) is 74.8 Å². The highest BCUT2D eigenvalue weighted by Crippen LogP contribution is 2.31. The zero-order chi connectivity index (χ0) is 27.4. The van der Waals surface area contributed by atoms with Crippen LogP contribution in [0.5, 0.6) is 23.0 Å². The minimum absolute atomic E-state index is 0.0924. The molecule has 0 spiro atoms. The molecule has 12 heteroatoms. The standard InChI is InChI=1S/2C12H19NO4S/c1-4-17-12-7-9(5-6-11(12)16-2)10(13)8-18(3,14)15;1-4-17-12-9-10(5-6-11(12)16-2)13-7-8-18(3,14)15/h5-7,10H,4,8,13H2,1-3H3;5-6,9,13H,4,7-8H2,1-3H3. The first-order chi connectivity index (χ1) is 16.8. The molecule has 2 rings (SSSR count). The van der Waals surface area contributed by atoms with E-state index in [1.54, 1.807) is 44.6 Å². The third-order valence-corrected chi connectivity index (χ3v) is 6.57. The molecular weight excluding hydrogens is 508 g/mol. The monoisotopic (exact) mass is 546 g/mol. The van der Waals surface area contributed by atoms with Gasteiger partial charge in [0, 0.05) is 36.9 Å². The molecule has 0 aliphatic rings. The van der Waals surface area contributed by atoms with E-state index in [2.05, 4.69) is 5.32 Å². The molecule has 0 aliphatic carbocycles. The zero-order valence-corrected chi connectivity index (χ0v) is 23.4. The van der Waals surface area contributed by atoms with Crippen LogP contribution in [0.3, 0.4) is 0 Å². The average Bonchev–Trinajstić information content (AvgIpc) is 2.78. The van der Waals surface area contributed by atoms with Gasteiger partial charge in [-0.05, 0) is 43.7 Å². The Hall–Kier alpha value is -2.70. The lowest BCUT2D eigenvalue weighted by Crippen LogP contribution is -2.20. The number of benzene rings is 2. The highest BCUT2D eigenvalue weighted by atomic mass is 32.2. The van der Waals surface area contributed by atoms with Crippen molar-refractivity contribution >= 4 is 25.4 Å². The summed E-state index contributed by atoms with van der Waals surface area (Å²) in [6, 6.07) is 10.0. The normalized spacial score (nSPS) is 12.1. The Morgan fingerprint density at radius 2 is 1.33 bits per heavy atom. The van der Waals surface area contributed by atoms with E-state index < -0.39 is 25.7 Å². The fourth-order valence-electron chi connectivity index (χ4n) is 3.05. The maximum Gasteiger partial charge on any atom is 0.163 e. The molecule has 0 aromatic heterocycles. The van der Waals surface area contributed by atoms with Crippen molar-refractivity contribution in [2.45, 2.75) is 19.9 Å². The van der Waals surface area contributed by atoms with Crippen molar-refractivity contribution in [2.24, 2.45) is 5.73 Å². The highest BCUT2D eigenvalue weighted by Gasteiger charge is 2.15. The minimum atomic E-state index is -3.11. The van der Waals surface area contributed by atoms with Gasteiger partial charge in [-0.1, -0.05) is 6.07 Å². The number of ether oxygens (including phenoxy) is 4. The molecule has 0 amide bonds. The smallest absolute Gasteiger partial charge is 0.163 e. The summed E-state index contributed by atoms with van der Waals surface area (Å²) in [6.45, 7) is 5.17. The molecule has 1 atom stereocenters. The first-order valence-electron chi connectivity index (χ1n) is 11.3. The van der Waals surface area contributed by atoms with Gasteiger partial charge in [0.2, 0.25) is 0 Å².